The molecule has 0 aliphatic rings. The van der Waals surface area contributed by atoms with Crippen LogP contribution in [0.1, 0.15) is 19.5 Å². The molecule has 2 N–H and O–H groups in total. The van der Waals surface area contributed by atoms with Crippen molar-refractivity contribution in [2.45, 2.75) is 26.4 Å². The van der Waals surface area contributed by atoms with Gasteiger partial charge in [0.1, 0.15) is 6.04 Å². The number of carbonyl (C=O) groups excluding carboxylic acids is 1. The van der Waals surface area contributed by atoms with E-state index in [0.717, 1.165) is 5.69 Å². The lowest BCUT2D eigenvalue weighted by atomic mass is 10.2. The molecule has 1 unspecified atom stereocenters. The molecule has 1 aromatic carbocycles. The zero-order valence-corrected chi connectivity index (χ0v) is 14.8. The first-order valence-electron chi connectivity index (χ1n) is 7.75. The van der Waals surface area contributed by atoms with Crippen molar-refractivity contribution in [3.8, 4) is 5.69 Å². The molecule has 1 heterocycles. The Labute approximate surface area is 150 Å². The van der Waals surface area contributed by atoms with Crippen LogP contribution in [0, 0.1) is 0 Å². The maximum Gasteiger partial charge on any atom is 0.320 e. The van der Waals surface area contributed by atoms with Crippen molar-refractivity contribution in [2.75, 3.05) is 13.1 Å². The van der Waals surface area contributed by atoms with Crippen molar-refractivity contribution >= 4 is 23.5 Å². The van der Waals surface area contributed by atoms with Gasteiger partial charge in [-0.05, 0) is 31.2 Å². The maximum atomic E-state index is 11.3. The zero-order valence-electron chi connectivity index (χ0n) is 14.0. The van der Waals surface area contributed by atoms with Crippen LogP contribution in [0.15, 0.2) is 30.5 Å². The van der Waals surface area contributed by atoms with Crippen LogP contribution in [0.25, 0.3) is 5.69 Å². The van der Waals surface area contributed by atoms with Crippen LogP contribution in [-0.4, -0.2) is 56.0 Å². The first kappa shape index (κ1) is 18.9. The number of aromatic nitrogens is 3. The summed E-state index contributed by atoms with van der Waals surface area (Å²) in [6.07, 6.45) is 1.74. The molecule has 134 valence electrons. The summed E-state index contributed by atoms with van der Waals surface area (Å²) in [7, 11) is 0. The Kier molecular flexibility index (Phi) is 6.49. The number of carboxylic acids is 1. The summed E-state index contributed by atoms with van der Waals surface area (Å²) in [5, 5.41) is 20.7. The first-order valence-corrected chi connectivity index (χ1v) is 8.13. The van der Waals surface area contributed by atoms with Gasteiger partial charge in [0.25, 0.3) is 0 Å². The molecular weight excluding hydrogens is 346 g/mol. The summed E-state index contributed by atoms with van der Waals surface area (Å²) in [6, 6.07) is 6.42. The van der Waals surface area contributed by atoms with E-state index >= 15 is 0 Å². The molecular formula is C16H20ClN5O3. The second kappa shape index (κ2) is 8.59. The Hall–Kier alpha value is -2.45. The Balaban J connectivity index is 2.08. The number of carbonyl (C=O) groups is 2. The summed E-state index contributed by atoms with van der Waals surface area (Å²) in [5.41, 5.74) is 1.44. The molecule has 0 bridgehead atoms. The summed E-state index contributed by atoms with van der Waals surface area (Å²) in [4.78, 5) is 24.0. The standard InChI is InChI=1S/C16H20ClN5O3/c1-11(16(24)25)21(8-7-18-12(2)23)9-14-10-22(20-19-14)15-5-3-13(17)4-6-15/h3-6,10-11H,7-9H2,1-2H3,(H,18,23)(H,24,25). The lowest BCUT2D eigenvalue weighted by Crippen LogP contribution is -2.42. The van der Waals surface area contributed by atoms with Gasteiger partial charge in [-0.1, -0.05) is 16.8 Å². The van der Waals surface area contributed by atoms with E-state index in [1.165, 1.54) is 6.92 Å². The van der Waals surface area contributed by atoms with Gasteiger partial charge in [0.15, 0.2) is 0 Å². The molecule has 1 atom stereocenters. The molecule has 9 heteroatoms. The van der Waals surface area contributed by atoms with Crippen LogP contribution in [0.2, 0.25) is 5.02 Å². The van der Waals surface area contributed by atoms with E-state index in [-0.39, 0.29) is 5.91 Å². The highest BCUT2D eigenvalue weighted by molar-refractivity contribution is 6.30. The van der Waals surface area contributed by atoms with Crippen molar-refractivity contribution in [2.24, 2.45) is 0 Å². The lowest BCUT2D eigenvalue weighted by Gasteiger charge is -2.25. The smallest absolute Gasteiger partial charge is 0.320 e. The number of amides is 1. The number of hydrogen-bond donors (Lipinski definition) is 2. The number of halogens is 1. The highest BCUT2D eigenvalue weighted by Gasteiger charge is 2.21. The Morgan fingerprint density at radius 2 is 2.04 bits per heavy atom. The van der Waals surface area contributed by atoms with Gasteiger partial charge in [0, 0.05) is 31.6 Å². The van der Waals surface area contributed by atoms with Crippen LogP contribution in [-0.2, 0) is 16.1 Å². The quantitative estimate of drug-likeness (QED) is 0.732. The van der Waals surface area contributed by atoms with Crippen LogP contribution >= 0.6 is 11.6 Å². The van der Waals surface area contributed by atoms with Crippen LogP contribution in [0.4, 0.5) is 0 Å². The van der Waals surface area contributed by atoms with E-state index in [1.54, 1.807) is 34.8 Å². The highest BCUT2D eigenvalue weighted by atomic mass is 35.5. The molecule has 2 rings (SSSR count). The first-order chi connectivity index (χ1) is 11.9. The number of hydrogen-bond acceptors (Lipinski definition) is 5. The van der Waals surface area contributed by atoms with E-state index in [9.17, 15) is 14.7 Å². The fourth-order valence-corrected chi connectivity index (χ4v) is 2.37. The predicted molar refractivity (Wildman–Crippen MR) is 92.6 cm³/mol. The summed E-state index contributed by atoms with van der Waals surface area (Å²) in [5.74, 6) is -1.09. The highest BCUT2D eigenvalue weighted by Crippen LogP contribution is 2.13. The van der Waals surface area contributed by atoms with Crippen molar-refractivity contribution in [3.63, 3.8) is 0 Å². The molecule has 0 saturated heterocycles. The van der Waals surface area contributed by atoms with Crippen molar-refractivity contribution in [1.29, 1.82) is 0 Å². The van der Waals surface area contributed by atoms with Gasteiger partial charge >= 0.3 is 5.97 Å². The maximum absolute atomic E-state index is 11.3. The SMILES string of the molecule is CC(=O)NCCN(Cc1cn(-c2ccc(Cl)cc2)nn1)C(C)C(=O)O. The molecule has 2 aromatic rings. The lowest BCUT2D eigenvalue weighted by molar-refractivity contribution is -0.142. The summed E-state index contributed by atoms with van der Waals surface area (Å²) >= 11 is 5.87. The van der Waals surface area contributed by atoms with Crippen molar-refractivity contribution in [3.05, 3.63) is 41.2 Å². The number of rotatable bonds is 8. The van der Waals surface area contributed by atoms with Gasteiger partial charge in [-0.2, -0.15) is 0 Å². The van der Waals surface area contributed by atoms with Gasteiger partial charge in [-0.3, -0.25) is 14.5 Å². The van der Waals surface area contributed by atoms with E-state index in [0.29, 0.717) is 30.4 Å². The van der Waals surface area contributed by atoms with Crippen LogP contribution in [0.3, 0.4) is 0 Å². The number of benzene rings is 1. The molecule has 1 aromatic heterocycles. The van der Waals surface area contributed by atoms with E-state index < -0.39 is 12.0 Å². The third-order valence-electron chi connectivity index (χ3n) is 3.68. The van der Waals surface area contributed by atoms with Crippen LogP contribution < -0.4 is 5.32 Å². The molecule has 0 fully saturated rings. The van der Waals surface area contributed by atoms with Gasteiger partial charge < -0.3 is 10.4 Å². The average Bonchev–Trinajstić information content (AvgIpc) is 3.02. The molecule has 1 amide bonds. The second-order valence-corrected chi connectivity index (χ2v) is 6.03. The van der Waals surface area contributed by atoms with Gasteiger partial charge in [0.2, 0.25) is 5.91 Å². The summed E-state index contributed by atoms with van der Waals surface area (Å²) < 4.78 is 1.60. The Morgan fingerprint density at radius 3 is 2.64 bits per heavy atom. The third-order valence-corrected chi connectivity index (χ3v) is 3.93. The fourth-order valence-electron chi connectivity index (χ4n) is 2.24. The number of aliphatic carboxylic acids is 1. The predicted octanol–water partition coefficient (Wildman–Crippen LogP) is 1.33. The molecule has 0 spiro atoms. The minimum atomic E-state index is -0.937. The molecule has 0 radical (unpaired) electrons. The zero-order chi connectivity index (χ0) is 18.4. The minimum absolute atomic E-state index is 0.156. The van der Waals surface area contributed by atoms with Crippen molar-refractivity contribution < 1.29 is 14.7 Å². The molecule has 0 saturated carbocycles. The molecule has 0 aliphatic carbocycles. The van der Waals surface area contributed by atoms with Gasteiger partial charge in [0.05, 0.1) is 17.6 Å². The van der Waals surface area contributed by atoms with Crippen molar-refractivity contribution in [1.82, 2.24) is 25.2 Å². The van der Waals surface area contributed by atoms with Gasteiger partial charge in [-0.25, -0.2) is 4.68 Å². The summed E-state index contributed by atoms with van der Waals surface area (Å²) in [6.45, 7) is 4.07. The number of nitrogens with one attached hydrogen (secondary N) is 1. The van der Waals surface area contributed by atoms with Crippen LogP contribution in [0.5, 0.6) is 0 Å². The molecule has 0 aliphatic heterocycles. The molecule has 25 heavy (non-hydrogen) atoms. The topological polar surface area (TPSA) is 100 Å². The second-order valence-electron chi connectivity index (χ2n) is 5.60. The van der Waals surface area contributed by atoms with E-state index in [1.807, 2.05) is 12.1 Å². The average molecular weight is 366 g/mol. The normalized spacial score (nSPS) is 12.2. The van der Waals surface area contributed by atoms with Gasteiger partial charge in [-0.15, -0.1) is 5.10 Å². The number of carboxylic acid groups (broad SMARTS) is 1. The monoisotopic (exact) mass is 365 g/mol. The molecule has 8 nitrogen and oxygen atoms in total. The largest absolute Gasteiger partial charge is 0.480 e. The Bertz CT molecular complexity index is 732. The van der Waals surface area contributed by atoms with E-state index in [4.69, 9.17) is 11.6 Å². The Morgan fingerprint density at radius 1 is 1.36 bits per heavy atom. The number of nitrogens with zero attached hydrogens (tertiary/aromatic N) is 4. The third kappa shape index (κ3) is 5.54. The fraction of sp³-hybridized carbons (Fsp3) is 0.375. The van der Waals surface area contributed by atoms with E-state index in [2.05, 4.69) is 15.6 Å². The minimum Gasteiger partial charge on any atom is -0.480 e.